The fourth-order valence-corrected chi connectivity index (χ4v) is 3.32. The van der Waals surface area contributed by atoms with Crippen molar-refractivity contribution in [1.29, 1.82) is 0 Å². The largest absolute Gasteiger partial charge is 0.488 e. The molecular formula is C23H17BClNO2. The molecule has 3 aromatic carbocycles. The van der Waals surface area contributed by atoms with Gasteiger partial charge in [-0.2, -0.15) is 0 Å². The van der Waals surface area contributed by atoms with Gasteiger partial charge in [-0.3, -0.25) is 0 Å². The standard InChI is InChI=1S/C23H17BClNO2/c25-21-11-5-8-17(13-21)19-14-22(16-6-2-1-3-7-16)26-23(15-19)18-9-4-10-20(12-18)24(27)28/h1-15,27-28H. The number of halogens is 1. The highest BCUT2D eigenvalue weighted by molar-refractivity contribution is 6.58. The van der Waals surface area contributed by atoms with Crippen LogP contribution in [0.5, 0.6) is 0 Å². The SMILES string of the molecule is OB(O)c1cccc(-c2cc(-c3cccc(Cl)c3)cc(-c3ccccc3)n2)c1. The minimum atomic E-state index is -1.52. The number of hydrogen-bond donors (Lipinski definition) is 2. The summed E-state index contributed by atoms with van der Waals surface area (Å²) in [6.07, 6.45) is 0. The second kappa shape index (κ2) is 7.99. The van der Waals surface area contributed by atoms with Crippen molar-refractivity contribution >= 4 is 24.2 Å². The molecule has 0 aliphatic carbocycles. The highest BCUT2D eigenvalue weighted by atomic mass is 35.5. The lowest BCUT2D eigenvalue weighted by Gasteiger charge is -2.11. The Hall–Kier alpha value is -2.92. The van der Waals surface area contributed by atoms with E-state index in [1.54, 1.807) is 18.2 Å². The van der Waals surface area contributed by atoms with Gasteiger partial charge in [0.25, 0.3) is 0 Å². The van der Waals surface area contributed by atoms with Crippen LogP contribution in [-0.2, 0) is 0 Å². The Kier molecular flexibility index (Phi) is 5.26. The van der Waals surface area contributed by atoms with E-state index in [4.69, 9.17) is 16.6 Å². The van der Waals surface area contributed by atoms with E-state index in [-0.39, 0.29) is 0 Å². The molecule has 4 rings (SSSR count). The normalized spacial score (nSPS) is 10.7. The molecule has 0 bridgehead atoms. The van der Waals surface area contributed by atoms with E-state index < -0.39 is 7.12 Å². The molecule has 1 heterocycles. The smallest absolute Gasteiger partial charge is 0.423 e. The number of nitrogens with zero attached hydrogens (tertiary/aromatic N) is 1. The van der Waals surface area contributed by atoms with Crippen molar-refractivity contribution in [2.75, 3.05) is 0 Å². The zero-order valence-corrected chi connectivity index (χ0v) is 15.7. The molecule has 0 unspecified atom stereocenters. The van der Waals surface area contributed by atoms with Gasteiger partial charge in [-0.25, -0.2) is 4.98 Å². The van der Waals surface area contributed by atoms with Gasteiger partial charge >= 0.3 is 7.12 Å². The molecule has 0 fully saturated rings. The molecule has 2 N–H and O–H groups in total. The van der Waals surface area contributed by atoms with E-state index in [0.717, 1.165) is 33.6 Å². The van der Waals surface area contributed by atoms with E-state index >= 15 is 0 Å². The second-order valence-electron chi connectivity index (χ2n) is 6.50. The lowest BCUT2D eigenvalue weighted by Crippen LogP contribution is -2.29. The monoisotopic (exact) mass is 385 g/mol. The van der Waals surface area contributed by atoms with Crippen LogP contribution in [0.25, 0.3) is 33.6 Å². The van der Waals surface area contributed by atoms with Crippen LogP contribution in [0.4, 0.5) is 0 Å². The Morgan fingerprint density at radius 1 is 0.607 bits per heavy atom. The van der Waals surface area contributed by atoms with Crippen LogP contribution in [0, 0.1) is 0 Å². The number of rotatable bonds is 4. The summed E-state index contributed by atoms with van der Waals surface area (Å²) in [4.78, 5) is 4.83. The maximum Gasteiger partial charge on any atom is 0.488 e. The topological polar surface area (TPSA) is 53.4 Å². The molecule has 4 aromatic rings. The zero-order chi connectivity index (χ0) is 19.5. The molecule has 0 aliphatic rings. The van der Waals surface area contributed by atoms with Gasteiger partial charge in [0, 0.05) is 10.6 Å². The fraction of sp³-hybridized carbons (Fsp3) is 0. The second-order valence-corrected chi connectivity index (χ2v) is 6.94. The number of pyridine rings is 1. The average molecular weight is 386 g/mol. The lowest BCUT2D eigenvalue weighted by atomic mass is 9.79. The summed E-state index contributed by atoms with van der Waals surface area (Å²) < 4.78 is 0. The summed E-state index contributed by atoms with van der Waals surface area (Å²) in [5.74, 6) is 0. The predicted molar refractivity (Wildman–Crippen MR) is 115 cm³/mol. The molecule has 136 valence electrons. The third-order valence-corrected chi connectivity index (χ3v) is 4.77. The summed E-state index contributed by atoms with van der Waals surface area (Å²) in [5, 5.41) is 19.7. The van der Waals surface area contributed by atoms with Crippen molar-refractivity contribution in [2.45, 2.75) is 0 Å². The van der Waals surface area contributed by atoms with E-state index in [2.05, 4.69) is 0 Å². The molecule has 28 heavy (non-hydrogen) atoms. The maximum absolute atomic E-state index is 9.51. The molecule has 0 saturated carbocycles. The molecule has 0 amide bonds. The van der Waals surface area contributed by atoms with Crippen molar-refractivity contribution < 1.29 is 10.0 Å². The Morgan fingerprint density at radius 2 is 1.25 bits per heavy atom. The van der Waals surface area contributed by atoms with Crippen molar-refractivity contribution in [3.63, 3.8) is 0 Å². The maximum atomic E-state index is 9.51. The third-order valence-electron chi connectivity index (χ3n) is 4.53. The van der Waals surface area contributed by atoms with Gasteiger partial charge in [-0.15, -0.1) is 0 Å². The minimum Gasteiger partial charge on any atom is -0.423 e. The fourth-order valence-electron chi connectivity index (χ4n) is 3.13. The van der Waals surface area contributed by atoms with Crippen molar-refractivity contribution in [3.05, 3.63) is 96.0 Å². The van der Waals surface area contributed by atoms with Crippen LogP contribution in [0.15, 0.2) is 91.0 Å². The molecule has 0 saturated heterocycles. The number of aromatic nitrogens is 1. The van der Waals surface area contributed by atoms with Crippen molar-refractivity contribution in [3.8, 4) is 33.6 Å². The van der Waals surface area contributed by atoms with Gasteiger partial charge in [-0.05, 0) is 46.4 Å². The van der Waals surface area contributed by atoms with E-state index in [9.17, 15) is 10.0 Å². The number of benzene rings is 3. The van der Waals surface area contributed by atoms with Gasteiger partial charge in [-0.1, -0.05) is 78.3 Å². The van der Waals surface area contributed by atoms with Crippen molar-refractivity contribution in [1.82, 2.24) is 4.98 Å². The first kappa shape index (κ1) is 18.4. The highest BCUT2D eigenvalue weighted by Gasteiger charge is 2.13. The summed E-state index contributed by atoms with van der Waals surface area (Å²) in [6, 6.07) is 28.8. The first-order valence-electron chi connectivity index (χ1n) is 8.90. The van der Waals surface area contributed by atoms with Crippen LogP contribution in [0.2, 0.25) is 5.02 Å². The lowest BCUT2D eigenvalue weighted by molar-refractivity contribution is 0.426. The van der Waals surface area contributed by atoms with E-state index in [1.165, 1.54) is 0 Å². The van der Waals surface area contributed by atoms with E-state index in [0.29, 0.717) is 10.5 Å². The predicted octanol–water partition coefficient (Wildman–Crippen LogP) is 4.42. The summed E-state index contributed by atoms with van der Waals surface area (Å²) in [7, 11) is -1.52. The molecular weight excluding hydrogens is 369 g/mol. The summed E-state index contributed by atoms with van der Waals surface area (Å²) >= 11 is 6.19. The highest BCUT2D eigenvalue weighted by Crippen LogP contribution is 2.31. The Balaban J connectivity index is 1.91. The third kappa shape index (κ3) is 4.00. The average Bonchev–Trinajstić information content (AvgIpc) is 2.74. The van der Waals surface area contributed by atoms with Gasteiger partial charge in [0.1, 0.15) is 0 Å². The van der Waals surface area contributed by atoms with Crippen LogP contribution >= 0.6 is 11.6 Å². The van der Waals surface area contributed by atoms with Crippen LogP contribution in [0.3, 0.4) is 0 Å². The first-order chi connectivity index (χ1) is 13.6. The molecule has 3 nitrogen and oxygen atoms in total. The summed E-state index contributed by atoms with van der Waals surface area (Å²) in [5.41, 5.74) is 5.81. The minimum absolute atomic E-state index is 0.425. The Bertz CT molecular complexity index is 1120. The van der Waals surface area contributed by atoms with Gasteiger partial charge < -0.3 is 10.0 Å². The van der Waals surface area contributed by atoms with Crippen LogP contribution < -0.4 is 5.46 Å². The van der Waals surface area contributed by atoms with E-state index in [1.807, 2.05) is 72.8 Å². The molecule has 1 aromatic heterocycles. The summed E-state index contributed by atoms with van der Waals surface area (Å²) in [6.45, 7) is 0. The molecule has 0 spiro atoms. The quantitative estimate of drug-likeness (QED) is 0.511. The van der Waals surface area contributed by atoms with Gasteiger partial charge in [0.2, 0.25) is 0 Å². The molecule has 0 aliphatic heterocycles. The van der Waals surface area contributed by atoms with Gasteiger partial charge in [0.05, 0.1) is 11.4 Å². The Labute approximate surface area is 169 Å². The van der Waals surface area contributed by atoms with Crippen LogP contribution in [0.1, 0.15) is 0 Å². The van der Waals surface area contributed by atoms with Gasteiger partial charge in [0.15, 0.2) is 0 Å². The molecule has 0 radical (unpaired) electrons. The zero-order valence-electron chi connectivity index (χ0n) is 15.0. The van der Waals surface area contributed by atoms with Crippen molar-refractivity contribution in [2.24, 2.45) is 0 Å². The molecule has 0 atom stereocenters. The number of hydrogen-bond acceptors (Lipinski definition) is 3. The first-order valence-corrected chi connectivity index (χ1v) is 9.28. The Morgan fingerprint density at radius 3 is 1.96 bits per heavy atom. The van der Waals surface area contributed by atoms with Crippen LogP contribution in [-0.4, -0.2) is 22.2 Å². The molecule has 5 heteroatoms.